The Balaban J connectivity index is 2.85. The van der Waals surface area contributed by atoms with Gasteiger partial charge in [0.15, 0.2) is 0 Å². The third-order valence-corrected chi connectivity index (χ3v) is 1.38. The predicted molar refractivity (Wildman–Crippen MR) is 48.6 cm³/mol. The minimum Gasteiger partial charge on any atom is -0.508 e. The van der Waals surface area contributed by atoms with Crippen molar-refractivity contribution in [2.45, 2.75) is 6.42 Å². The quantitative estimate of drug-likeness (QED) is 0.637. The fraction of sp³-hybridized carbons (Fsp3) is 0.200. The summed E-state index contributed by atoms with van der Waals surface area (Å²) in [6.45, 7) is 0.480. The molecule has 0 radical (unpaired) electrons. The van der Waals surface area contributed by atoms with E-state index in [9.17, 15) is 4.39 Å². The molecule has 0 fully saturated rings. The highest BCUT2D eigenvalue weighted by Gasteiger charge is 1.95. The van der Waals surface area contributed by atoms with Crippen molar-refractivity contribution in [1.29, 1.82) is 0 Å². The SMILES string of the molecule is NCCC#Cc1cc(O)cc(F)c1. The number of phenolic OH excluding ortho intramolecular Hbond substituents is 1. The number of phenols is 1. The van der Waals surface area contributed by atoms with Gasteiger partial charge in [0.05, 0.1) is 0 Å². The Morgan fingerprint density at radius 2 is 2.15 bits per heavy atom. The summed E-state index contributed by atoms with van der Waals surface area (Å²) in [6, 6.07) is 3.71. The number of hydrogen-bond donors (Lipinski definition) is 2. The number of aromatic hydroxyl groups is 1. The molecule has 0 aromatic heterocycles. The van der Waals surface area contributed by atoms with Crippen LogP contribution < -0.4 is 5.73 Å². The van der Waals surface area contributed by atoms with Crippen molar-refractivity contribution in [3.63, 3.8) is 0 Å². The molecule has 0 saturated heterocycles. The van der Waals surface area contributed by atoms with Crippen molar-refractivity contribution in [2.75, 3.05) is 6.54 Å². The molecule has 0 spiro atoms. The van der Waals surface area contributed by atoms with E-state index in [0.29, 0.717) is 18.5 Å². The molecule has 0 saturated carbocycles. The Morgan fingerprint density at radius 1 is 1.38 bits per heavy atom. The van der Waals surface area contributed by atoms with Gasteiger partial charge in [0.25, 0.3) is 0 Å². The summed E-state index contributed by atoms with van der Waals surface area (Å²) in [4.78, 5) is 0. The Kier molecular flexibility index (Phi) is 3.30. The van der Waals surface area contributed by atoms with Crippen LogP contribution in [0.1, 0.15) is 12.0 Å². The molecule has 2 nitrogen and oxygen atoms in total. The van der Waals surface area contributed by atoms with Crippen molar-refractivity contribution in [2.24, 2.45) is 5.73 Å². The van der Waals surface area contributed by atoms with Crippen LogP contribution in [-0.4, -0.2) is 11.7 Å². The van der Waals surface area contributed by atoms with Crippen LogP contribution in [-0.2, 0) is 0 Å². The van der Waals surface area contributed by atoms with E-state index in [0.717, 1.165) is 6.07 Å². The first-order valence-electron chi connectivity index (χ1n) is 3.91. The van der Waals surface area contributed by atoms with Gasteiger partial charge in [-0.1, -0.05) is 11.8 Å². The second-order valence-electron chi connectivity index (χ2n) is 2.54. The summed E-state index contributed by atoms with van der Waals surface area (Å²) >= 11 is 0. The lowest BCUT2D eigenvalue weighted by molar-refractivity contribution is 0.469. The van der Waals surface area contributed by atoms with Gasteiger partial charge in [-0.15, -0.1) is 0 Å². The predicted octanol–water partition coefficient (Wildman–Crippen LogP) is 1.23. The minimum atomic E-state index is -0.489. The first-order valence-corrected chi connectivity index (χ1v) is 3.91. The fourth-order valence-electron chi connectivity index (χ4n) is 0.883. The topological polar surface area (TPSA) is 46.2 Å². The van der Waals surface area contributed by atoms with Gasteiger partial charge in [-0.05, 0) is 12.1 Å². The standard InChI is InChI=1S/C10H10FNO/c11-9-5-8(3-1-2-4-12)6-10(13)7-9/h5-7,13H,2,4,12H2. The molecule has 3 N–H and O–H groups in total. The summed E-state index contributed by atoms with van der Waals surface area (Å²) < 4.78 is 12.7. The highest BCUT2D eigenvalue weighted by molar-refractivity contribution is 5.39. The Labute approximate surface area is 76.2 Å². The number of rotatable bonds is 1. The second kappa shape index (κ2) is 4.48. The van der Waals surface area contributed by atoms with Crippen LogP contribution in [0.5, 0.6) is 5.75 Å². The average molecular weight is 179 g/mol. The zero-order valence-corrected chi connectivity index (χ0v) is 7.05. The first-order chi connectivity index (χ1) is 6.22. The van der Waals surface area contributed by atoms with E-state index in [-0.39, 0.29) is 5.75 Å². The molecular formula is C10H10FNO. The monoisotopic (exact) mass is 179 g/mol. The summed E-state index contributed by atoms with van der Waals surface area (Å²) in [5, 5.41) is 9.02. The number of halogens is 1. The van der Waals surface area contributed by atoms with E-state index in [1.54, 1.807) is 0 Å². The zero-order chi connectivity index (χ0) is 9.68. The third kappa shape index (κ3) is 3.14. The van der Waals surface area contributed by atoms with Crippen molar-refractivity contribution in [1.82, 2.24) is 0 Å². The van der Waals surface area contributed by atoms with Gasteiger partial charge in [0.2, 0.25) is 0 Å². The summed E-state index contributed by atoms with van der Waals surface area (Å²) in [7, 11) is 0. The van der Waals surface area contributed by atoms with Crippen LogP contribution in [0.25, 0.3) is 0 Å². The molecule has 0 aliphatic rings. The van der Waals surface area contributed by atoms with Crippen molar-refractivity contribution in [3.05, 3.63) is 29.6 Å². The molecule has 1 rings (SSSR count). The lowest BCUT2D eigenvalue weighted by Gasteiger charge is -1.93. The lowest BCUT2D eigenvalue weighted by atomic mass is 10.2. The molecule has 0 bridgehead atoms. The van der Waals surface area contributed by atoms with Crippen molar-refractivity contribution in [3.8, 4) is 17.6 Å². The van der Waals surface area contributed by atoms with Crippen LogP contribution in [0, 0.1) is 17.7 Å². The normalized spacial score (nSPS) is 9.08. The highest BCUT2D eigenvalue weighted by Crippen LogP contribution is 2.13. The molecule has 13 heavy (non-hydrogen) atoms. The maximum absolute atomic E-state index is 12.7. The molecule has 0 aliphatic heterocycles. The maximum atomic E-state index is 12.7. The molecule has 0 aliphatic carbocycles. The largest absolute Gasteiger partial charge is 0.508 e. The molecule has 0 atom stereocenters. The fourth-order valence-corrected chi connectivity index (χ4v) is 0.883. The van der Waals surface area contributed by atoms with E-state index in [1.165, 1.54) is 12.1 Å². The summed E-state index contributed by atoms with van der Waals surface area (Å²) in [5.41, 5.74) is 5.69. The first kappa shape index (κ1) is 9.56. The minimum absolute atomic E-state index is 0.114. The molecule has 0 heterocycles. The van der Waals surface area contributed by atoms with E-state index in [4.69, 9.17) is 10.8 Å². The molecule has 0 unspecified atom stereocenters. The van der Waals surface area contributed by atoms with Crippen LogP contribution >= 0.6 is 0 Å². The summed E-state index contributed by atoms with van der Waals surface area (Å²) in [6.07, 6.45) is 0.567. The Hall–Kier alpha value is -1.53. The van der Waals surface area contributed by atoms with Gasteiger partial charge in [0.1, 0.15) is 11.6 Å². The van der Waals surface area contributed by atoms with Gasteiger partial charge >= 0.3 is 0 Å². The van der Waals surface area contributed by atoms with Gasteiger partial charge < -0.3 is 10.8 Å². The van der Waals surface area contributed by atoms with Crippen molar-refractivity contribution >= 4 is 0 Å². The van der Waals surface area contributed by atoms with Gasteiger partial charge in [-0.25, -0.2) is 4.39 Å². The average Bonchev–Trinajstić information content (AvgIpc) is 2.03. The van der Waals surface area contributed by atoms with Crippen molar-refractivity contribution < 1.29 is 9.50 Å². The molecule has 3 heteroatoms. The number of benzene rings is 1. The molecule has 0 amide bonds. The maximum Gasteiger partial charge on any atom is 0.128 e. The smallest absolute Gasteiger partial charge is 0.128 e. The van der Waals surface area contributed by atoms with E-state index < -0.39 is 5.82 Å². The lowest BCUT2D eigenvalue weighted by Crippen LogP contribution is -1.95. The van der Waals surface area contributed by atoms with Crippen LogP contribution in [0.2, 0.25) is 0 Å². The Bertz CT molecular complexity index is 331. The molecule has 68 valence electrons. The van der Waals surface area contributed by atoms with Crippen LogP contribution in [0.3, 0.4) is 0 Å². The van der Waals surface area contributed by atoms with Crippen LogP contribution in [0.15, 0.2) is 18.2 Å². The highest BCUT2D eigenvalue weighted by atomic mass is 19.1. The van der Waals surface area contributed by atoms with Gasteiger partial charge in [0, 0.05) is 24.6 Å². The van der Waals surface area contributed by atoms with Gasteiger partial charge in [-0.2, -0.15) is 0 Å². The number of hydrogen-bond acceptors (Lipinski definition) is 2. The molecule has 1 aromatic carbocycles. The third-order valence-electron chi connectivity index (χ3n) is 1.38. The van der Waals surface area contributed by atoms with Crippen LogP contribution in [0.4, 0.5) is 4.39 Å². The molecule has 1 aromatic rings. The van der Waals surface area contributed by atoms with Gasteiger partial charge in [-0.3, -0.25) is 0 Å². The van der Waals surface area contributed by atoms with E-state index in [2.05, 4.69) is 11.8 Å². The second-order valence-corrected chi connectivity index (χ2v) is 2.54. The number of nitrogens with two attached hydrogens (primary N) is 1. The zero-order valence-electron chi connectivity index (χ0n) is 7.05. The molecular weight excluding hydrogens is 169 g/mol. The Morgan fingerprint density at radius 3 is 2.77 bits per heavy atom. The van der Waals surface area contributed by atoms with E-state index >= 15 is 0 Å². The van der Waals surface area contributed by atoms with E-state index in [1.807, 2.05) is 0 Å². The summed E-state index contributed by atoms with van der Waals surface area (Å²) in [5.74, 6) is 4.85.